The minimum absolute atomic E-state index is 0.0857. The minimum atomic E-state index is -3.65. The molecule has 0 bridgehead atoms. The number of nitrogens with one attached hydrogen (secondary N) is 1. The van der Waals surface area contributed by atoms with Gasteiger partial charge in [0.1, 0.15) is 0 Å². The van der Waals surface area contributed by atoms with Gasteiger partial charge >= 0.3 is 0 Å². The molecule has 0 saturated carbocycles. The molecule has 2 aromatic rings. The fourth-order valence-corrected chi connectivity index (χ4v) is 4.76. The highest BCUT2D eigenvalue weighted by Crippen LogP contribution is 2.25. The van der Waals surface area contributed by atoms with Crippen molar-refractivity contribution in [1.82, 2.24) is 4.72 Å². The topological polar surface area (TPSA) is 66.5 Å². The Kier molecular flexibility index (Phi) is 5.40. The molecule has 0 radical (unpaired) electrons. The highest BCUT2D eigenvalue weighted by molar-refractivity contribution is 7.89. The summed E-state index contributed by atoms with van der Waals surface area (Å²) in [5.41, 5.74) is 5.12. The molecule has 1 aliphatic heterocycles. The van der Waals surface area contributed by atoms with Crippen molar-refractivity contribution in [2.24, 2.45) is 0 Å². The van der Waals surface area contributed by atoms with Gasteiger partial charge in [0, 0.05) is 24.7 Å². The van der Waals surface area contributed by atoms with Crippen LogP contribution in [0, 0.1) is 20.8 Å². The van der Waals surface area contributed by atoms with E-state index in [0.29, 0.717) is 13.0 Å². The Bertz CT molecular complexity index is 966. The number of amides is 1. The third kappa shape index (κ3) is 4.06. The van der Waals surface area contributed by atoms with Crippen LogP contribution < -0.4 is 9.62 Å². The van der Waals surface area contributed by atoms with Crippen LogP contribution in [0.1, 0.15) is 48.1 Å². The first-order valence-corrected chi connectivity index (χ1v) is 10.7. The molecular weight excluding hydrogens is 360 g/mol. The smallest absolute Gasteiger partial charge is 0.241 e. The van der Waals surface area contributed by atoms with Crippen LogP contribution in [0.25, 0.3) is 0 Å². The summed E-state index contributed by atoms with van der Waals surface area (Å²) in [4.78, 5) is 13.7. The summed E-state index contributed by atoms with van der Waals surface area (Å²) < 4.78 is 28.3. The molecule has 1 aliphatic rings. The average Bonchev–Trinajstić information content (AvgIpc) is 3.03. The maximum absolute atomic E-state index is 12.8. The number of carbonyl (C=O) groups excluding carboxylic acids is 1. The lowest BCUT2D eigenvalue weighted by molar-refractivity contribution is -0.117. The van der Waals surface area contributed by atoms with Gasteiger partial charge < -0.3 is 4.90 Å². The first kappa shape index (κ1) is 19.6. The first-order valence-electron chi connectivity index (χ1n) is 9.19. The van der Waals surface area contributed by atoms with Gasteiger partial charge in [-0.15, -0.1) is 0 Å². The van der Waals surface area contributed by atoms with E-state index >= 15 is 0 Å². The van der Waals surface area contributed by atoms with Gasteiger partial charge in [0.05, 0.1) is 4.90 Å². The van der Waals surface area contributed by atoms with Crippen molar-refractivity contribution < 1.29 is 13.2 Å². The summed E-state index contributed by atoms with van der Waals surface area (Å²) in [7, 11) is -3.65. The second-order valence-electron chi connectivity index (χ2n) is 7.28. The van der Waals surface area contributed by atoms with Gasteiger partial charge in [-0.3, -0.25) is 4.79 Å². The molecule has 0 unspecified atom stereocenters. The van der Waals surface area contributed by atoms with Crippen molar-refractivity contribution in [2.75, 3.05) is 11.4 Å². The van der Waals surface area contributed by atoms with E-state index in [1.165, 1.54) is 5.56 Å². The Hall–Kier alpha value is -2.18. The van der Waals surface area contributed by atoms with Crippen molar-refractivity contribution in [3.63, 3.8) is 0 Å². The second kappa shape index (κ2) is 7.44. The van der Waals surface area contributed by atoms with Gasteiger partial charge in [-0.25, -0.2) is 13.1 Å². The number of benzene rings is 2. The van der Waals surface area contributed by atoms with Crippen LogP contribution in [-0.2, 0) is 14.8 Å². The fourth-order valence-electron chi connectivity index (χ4n) is 3.54. The number of anilines is 1. The van der Waals surface area contributed by atoms with Gasteiger partial charge in [-0.1, -0.05) is 12.1 Å². The van der Waals surface area contributed by atoms with Crippen molar-refractivity contribution in [1.29, 1.82) is 0 Å². The Labute approximate surface area is 161 Å². The number of sulfonamides is 1. The quantitative estimate of drug-likeness (QED) is 0.850. The number of nitrogens with zero attached hydrogens (tertiary/aromatic N) is 1. The van der Waals surface area contributed by atoms with Crippen LogP contribution >= 0.6 is 0 Å². The zero-order valence-electron chi connectivity index (χ0n) is 16.2. The highest BCUT2D eigenvalue weighted by atomic mass is 32.2. The molecule has 144 valence electrons. The molecule has 1 amide bonds. The molecule has 0 aromatic heterocycles. The van der Waals surface area contributed by atoms with E-state index < -0.39 is 10.0 Å². The first-order chi connectivity index (χ1) is 12.7. The minimum Gasteiger partial charge on any atom is -0.312 e. The molecule has 3 rings (SSSR count). The van der Waals surface area contributed by atoms with Gasteiger partial charge in [-0.2, -0.15) is 0 Å². The zero-order chi connectivity index (χ0) is 19.8. The molecule has 1 saturated heterocycles. The molecule has 0 spiro atoms. The average molecular weight is 387 g/mol. The molecule has 1 N–H and O–H groups in total. The normalized spacial score (nSPS) is 16.0. The number of rotatable bonds is 5. The summed E-state index contributed by atoms with van der Waals surface area (Å²) in [6.45, 7) is 8.61. The zero-order valence-corrected chi connectivity index (χ0v) is 17.1. The highest BCUT2D eigenvalue weighted by Gasteiger charge is 2.23. The molecule has 2 aromatic carbocycles. The van der Waals surface area contributed by atoms with E-state index in [1.807, 2.05) is 33.8 Å². The molecule has 6 heteroatoms. The predicted molar refractivity (Wildman–Crippen MR) is 107 cm³/mol. The third-order valence-electron chi connectivity index (χ3n) is 5.21. The summed E-state index contributed by atoms with van der Waals surface area (Å²) in [5, 5.41) is 0. The van der Waals surface area contributed by atoms with Crippen molar-refractivity contribution in [2.45, 2.75) is 51.5 Å². The van der Waals surface area contributed by atoms with Crippen LogP contribution in [0.4, 0.5) is 5.69 Å². The van der Waals surface area contributed by atoms with E-state index in [1.54, 1.807) is 29.2 Å². The SMILES string of the molecule is Cc1cc(C)c([C@@H](C)NS(=O)(=O)c2ccc(N3CCCC3=O)cc2)cc1C. The van der Waals surface area contributed by atoms with Gasteiger partial charge in [-0.05, 0) is 80.6 Å². The fraction of sp³-hybridized carbons (Fsp3) is 0.381. The standard InChI is InChI=1S/C21H26N2O3S/c1-14-12-16(3)20(13-15(14)2)17(4)22-27(25,26)19-9-7-18(8-10-19)23-11-5-6-21(23)24/h7-10,12-13,17,22H,5-6,11H2,1-4H3/t17-/m1/s1. The van der Waals surface area contributed by atoms with E-state index in [0.717, 1.165) is 28.8 Å². The van der Waals surface area contributed by atoms with Crippen LogP contribution in [0.15, 0.2) is 41.3 Å². The number of aryl methyl sites for hydroxylation is 3. The predicted octanol–water partition coefficient (Wildman–Crippen LogP) is 3.78. The van der Waals surface area contributed by atoms with Crippen LogP contribution in [-0.4, -0.2) is 20.9 Å². The van der Waals surface area contributed by atoms with Crippen molar-refractivity contribution in [3.8, 4) is 0 Å². The van der Waals surface area contributed by atoms with Gasteiger partial charge in [0.15, 0.2) is 0 Å². The van der Waals surface area contributed by atoms with E-state index in [4.69, 9.17) is 0 Å². The van der Waals surface area contributed by atoms with E-state index in [-0.39, 0.29) is 16.8 Å². The Morgan fingerprint density at radius 3 is 2.22 bits per heavy atom. The Morgan fingerprint density at radius 2 is 1.63 bits per heavy atom. The maximum atomic E-state index is 12.8. The molecule has 0 aliphatic carbocycles. The molecule has 27 heavy (non-hydrogen) atoms. The Balaban J connectivity index is 1.80. The molecule has 5 nitrogen and oxygen atoms in total. The van der Waals surface area contributed by atoms with Gasteiger partial charge in [0.25, 0.3) is 0 Å². The molecule has 1 fully saturated rings. The summed E-state index contributed by atoms with van der Waals surface area (Å²) in [5.74, 6) is 0.0857. The van der Waals surface area contributed by atoms with Crippen molar-refractivity contribution in [3.05, 3.63) is 58.7 Å². The number of hydrogen-bond donors (Lipinski definition) is 1. The lowest BCUT2D eigenvalue weighted by atomic mass is 9.97. The van der Waals surface area contributed by atoms with Crippen molar-refractivity contribution >= 4 is 21.6 Å². The summed E-state index contributed by atoms with van der Waals surface area (Å²) >= 11 is 0. The maximum Gasteiger partial charge on any atom is 0.241 e. The molecular formula is C21H26N2O3S. The lowest BCUT2D eigenvalue weighted by Gasteiger charge is -2.19. The van der Waals surface area contributed by atoms with Crippen LogP contribution in [0.5, 0.6) is 0 Å². The second-order valence-corrected chi connectivity index (χ2v) is 8.99. The third-order valence-corrected chi connectivity index (χ3v) is 6.77. The number of hydrogen-bond acceptors (Lipinski definition) is 3. The van der Waals surface area contributed by atoms with Crippen LogP contribution in [0.3, 0.4) is 0 Å². The molecule has 1 atom stereocenters. The largest absolute Gasteiger partial charge is 0.312 e. The van der Waals surface area contributed by atoms with E-state index in [2.05, 4.69) is 10.8 Å². The molecule has 1 heterocycles. The Morgan fingerprint density at radius 1 is 1.00 bits per heavy atom. The van der Waals surface area contributed by atoms with E-state index in [9.17, 15) is 13.2 Å². The monoisotopic (exact) mass is 386 g/mol. The van der Waals surface area contributed by atoms with Gasteiger partial charge in [0.2, 0.25) is 15.9 Å². The van der Waals surface area contributed by atoms with Crippen LogP contribution in [0.2, 0.25) is 0 Å². The number of carbonyl (C=O) groups is 1. The summed E-state index contributed by atoms with van der Waals surface area (Å²) in [6.07, 6.45) is 1.39. The summed E-state index contributed by atoms with van der Waals surface area (Å²) in [6, 6.07) is 10.3. The lowest BCUT2D eigenvalue weighted by Crippen LogP contribution is -2.28.